The average Bonchev–Trinajstić information content (AvgIpc) is 3.16. The molecule has 0 aliphatic heterocycles. The fourth-order valence-electron chi connectivity index (χ4n) is 3.14. The van der Waals surface area contributed by atoms with Gasteiger partial charge in [-0.3, -0.25) is 0 Å². The van der Waals surface area contributed by atoms with Gasteiger partial charge in [0.2, 0.25) is 0 Å². The van der Waals surface area contributed by atoms with E-state index in [1.807, 2.05) is 0 Å². The minimum atomic E-state index is 0.722. The maximum absolute atomic E-state index is 2.28. The summed E-state index contributed by atoms with van der Waals surface area (Å²) in [5, 5.41) is 2.94. The Hall–Kier alpha value is -2.43. The predicted octanol–water partition coefficient (Wildman–Crippen LogP) is 6.17. The fourth-order valence-corrected chi connectivity index (χ4v) is 4.47. The van der Waals surface area contributed by atoms with Crippen LogP contribution in [-0.4, -0.2) is 0 Å². The molecule has 0 saturated heterocycles. The van der Waals surface area contributed by atoms with Crippen molar-refractivity contribution in [3.05, 3.63) is 102 Å². The molecule has 1 unspecified atom stereocenters. The van der Waals surface area contributed by atoms with Crippen molar-refractivity contribution >= 4 is 13.9 Å². The molecule has 3 aromatic rings. The molecule has 0 spiro atoms. The van der Waals surface area contributed by atoms with Gasteiger partial charge in [-0.1, -0.05) is 106 Å². The predicted molar refractivity (Wildman–Crippen MR) is 107 cm³/mol. The zero-order valence-corrected chi connectivity index (χ0v) is 14.4. The van der Waals surface area contributed by atoms with Crippen LogP contribution in [0.15, 0.2) is 102 Å². The molecule has 0 saturated carbocycles. The highest BCUT2D eigenvalue weighted by Gasteiger charge is 2.13. The van der Waals surface area contributed by atoms with Crippen molar-refractivity contribution in [1.29, 1.82) is 0 Å². The third-order valence-corrected chi connectivity index (χ3v) is 5.66. The van der Waals surface area contributed by atoms with Crippen LogP contribution in [-0.2, 0) is 0 Å². The monoisotopic (exact) mass is 326 g/mol. The van der Waals surface area contributed by atoms with Crippen LogP contribution in [0.25, 0.3) is 22.3 Å². The SMILES string of the molecule is C1=CCC(Pc2cccc(-c3ccccc3)c2-c2ccccc2)=C1. The molecular weight excluding hydrogens is 307 g/mol. The summed E-state index contributed by atoms with van der Waals surface area (Å²) in [7, 11) is 0.722. The van der Waals surface area contributed by atoms with Crippen LogP contribution in [0.1, 0.15) is 6.42 Å². The van der Waals surface area contributed by atoms with E-state index in [1.54, 1.807) is 0 Å². The second-order valence-electron chi connectivity index (χ2n) is 5.91. The molecule has 0 fully saturated rings. The third kappa shape index (κ3) is 3.11. The maximum atomic E-state index is 2.28. The van der Waals surface area contributed by atoms with Crippen molar-refractivity contribution in [2.75, 3.05) is 0 Å². The summed E-state index contributed by atoms with van der Waals surface area (Å²) < 4.78 is 0. The minimum absolute atomic E-state index is 0.722. The topological polar surface area (TPSA) is 0 Å². The first-order valence-corrected chi connectivity index (χ1v) is 9.28. The van der Waals surface area contributed by atoms with Crippen molar-refractivity contribution in [2.24, 2.45) is 0 Å². The quantitative estimate of drug-likeness (QED) is 0.503. The van der Waals surface area contributed by atoms with Crippen LogP contribution in [0.2, 0.25) is 0 Å². The molecule has 0 radical (unpaired) electrons. The molecule has 1 atom stereocenters. The van der Waals surface area contributed by atoms with E-state index in [-0.39, 0.29) is 0 Å². The van der Waals surface area contributed by atoms with Crippen LogP contribution in [0, 0.1) is 0 Å². The number of allylic oxidation sites excluding steroid dienone is 4. The van der Waals surface area contributed by atoms with E-state index in [2.05, 4.69) is 97.1 Å². The lowest BCUT2D eigenvalue weighted by Crippen LogP contribution is -2.02. The lowest BCUT2D eigenvalue weighted by atomic mass is 9.94. The second kappa shape index (κ2) is 6.99. The van der Waals surface area contributed by atoms with E-state index in [0.29, 0.717) is 0 Å². The van der Waals surface area contributed by atoms with Crippen LogP contribution in [0.5, 0.6) is 0 Å². The second-order valence-corrected chi connectivity index (χ2v) is 7.34. The average molecular weight is 326 g/mol. The molecule has 0 nitrogen and oxygen atoms in total. The van der Waals surface area contributed by atoms with Gasteiger partial charge in [0.05, 0.1) is 0 Å². The zero-order chi connectivity index (χ0) is 16.2. The van der Waals surface area contributed by atoms with E-state index < -0.39 is 0 Å². The van der Waals surface area contributed by atoms with E-state index in [1.165, 1.54) is 32.9 Å². The van der Waals surface area contributed by atoms with Crippen LogP contribution < -0.4 is 5.30 Å². The van der Waals surface area contributed by atoms with Gasteiger partial charge in [0.15, 0.2) is 0 Å². The maximum Gasteiger partial charge on any atom is -0.00278 e. The van der Waals surface area contributed by atoms with Crippen molar-refractivity contribution in [2.45, 2.75) is 6.42 Å². The Morgan fingerprint density at radius 1 is 0.667 bits per heavy atom. The van der Waals surface area contributed by atoms with Gasteiger partial charge in [-0.2, -0.15) is 0 Å². The molecule has 1 heteroatoms. The number of benzene rings is 3. The summed E-state index contributed by atoms with van der Waals surface area (Å²) in [4.78, 5) is 0. The normalized spacial score (nSPS) is 13.6. The molecule has 3 aromatic carbocycles. The number of hydrogen-bond donors (Lipinski definition) is 0. The Morgan fingerprint density at radius 2 is 1.38 bits per heavy atom. The zero-order valence-electron chi connectivity index (χ0n) is 13.4. The standard InChI is InChI=1S/C23H19P/c1-3-10-18(11-4-1)21-16-9-17-22(24-20-14-7-8-15-20)23(21)19-12-5-2-6-13-19/h1-14,16-17,24H,15H2. The number of hydrogen-bond acceptors (Lipinski definition) is 0. The molecular formula is C23H19P. The van der Waals surface area contributed by atoms with E-state index in [4.69, 9.17) is 0 Å². The van der Waals surface area contributed by atoms with Gasteiger partial charge in [0, 0.05) is 0 Å². The van der Waals surface area contributed by atoms with Crippen molar-refractivity contribution < 1.29 is 0 Å². The van der Waals surface area contributed by atoms with Gasteiger partial charge in [-0.25, -0.2) is 0 Å². The highest BCUT2D eigenvalue weighted by atomic mass is 31.1. The molecule has 116 valence electrons. The van der Waals surface area contributed by atoms with Crippen molar-refractivity contribution in [3.8, 4) is 22.3 Å². The van der Waals surface area contributed by atoms with Gasteiger partial charge >= 0.3 is 0 Å². The summed E-state index contributed by atoms with van der Waals surface area (Å²) >= 11 is 0. The van der Waals surface area contributed by atoms with Gasteiger partial charge in [0.25, 0.3) is 0 Å². The van der Waals surface area contributed by atoms with Gasteiger partial charge in [-0.05, 0) is 39.3 Å². The molecule has 1 aliphatic rings. The van der Waals surface area contributed by atoms with Gasteiger partial charge in [-0.15, -0.1) is 0 Å². The first-order chi connectivity index (χ1) is 11.9. The molecule has 0 N–H and O–H groups in total. The summed E-state index contributed by atoms with van der Waals surface area (Å²) in [5.74, 6) is 0. The Morgan fingerprint density at radius 3 is 2.04 bits per heavy atom. The van der Waals surface area contributed by atoms with Crippen LogP contribution in [0.3, 0.4) is 0 Å². The van der Waals surface area contributed by atoms with E-state index in [9.17, 15) is 0 Å². The minimum Gasteiger partial charge on any atom is -0.0801 e. The molecule has 1 aliphatic carbocycles. The first kappa shape index (κ1) is 15.1. The molecule has 0 aromatic heterocycles. The van der Waals surface area contributed by atoms with Gasteiger partial charge in [0.1, 0.15) is 0 Å². The first-order valence-electron chi connectivity index (χ1n) is 8.28. The smallest absolute Gasteiger partial charge is 0.00278 e. The third-order valence-electron chi connectivity index (χ3n) is 4.28. The van der Waals surface area contributed by atoms with Crippen molar-refractivity contribution in [3.63, 3.8) is 0 Å². The lowest BCUT2D eigenvalue weighted by Gasteiger charge is -2.16. The largest absolute Gasteiger partial charge is 0.0801 e. The van der Waals surface area contributed by atoms with Crippen molar-refractivity contribution in [1.82, 2.24) is 0 Å². The van der Waals surface area contributed by atoms with Crippen LogP contribution >= 0.6 is 8.58 Å². The summed E-state index contributed by atoms with van der Waals surface area (Å²) in [6.45, 7) is 0. The summed E-state index contributed by atoms with van der Waals surface area (Å²) in [6, 6.07) is 28.2. The van der Waals surface area contributed by atoms with Crippen LogP contribution in [0.4, 0.5) is 0 Å². The Labute approximate surface area is 145 Å². The number of rotatable bonds is 4. The Bertz CT molecular complexity index is 890. The van der Waals surface area contributed by atoms with E-state index in [0.717, 1.165) is 15.0 Å². The summed E-state index contributed by atoms with van der Waals surface area (Å²) in [5.41, 5.74) is 5.27. The lowest BCUT2D eigenvalue weighted by molar-refractivity contribution is 1.41. The Balaban J connectivity index is 1.88. The molecule has 4 rings (SSSR count). The molecule has 0 amide bonds. The highest BCUT2D eigenvalue weighted by Crippen LogP contribution is 2.38. The fraction of sp³-hybridized carbons (Fsp3) is 0.0435. The highest BCUT2D eigenvalue weighted by molar-refractivity contribution is 7.52. The molecule has 24 heavy (non-hydrogen) atoms. The molecule has 0 bridgehead atoms. The van der Waals surface area contributed by atoms with Gasteiger partial charge < -0.3 is 0 Å². The van der Waals surface area contributed by atoms with E-state index >= 15 is 0 Å². The molecule has 0 heterocycles. The Kier molecular flexibility index (Phi) is 4.40. The summed E-state index contributed by atoms with van der Waals surface area (Å²) in [6.07, 6.45) is 7.77.